The summed E-state index contributed by atoms with van der Waals surface area (Å²) >= 11 is 0. The van der Waals surface area contributed by atoms with E-state index in [2.05, 4.69) is 18.8 Å². The van der Waals surface area contributed by atoms with Gasteiger partial charge in [-0.2, -0.15) is 8.42 Å². The molecule has 5 nitrogen and oxygen atoms in total. The zero-order valence-corrected chi connectivity index (χ0v) is 20.6. The van der Waals surface area contributed by atoms with Gasteiger partial charge in [-0.15, -0.1) is 0 Å². The van der Waals surface area contributed by atoms with Gasteiger partial charge in [0.15, 0.2) is 0 Å². The van der Waals surface area contributed by atoms with E-state index in [-0.39, 0.29) is 22.9 Å². The minimum absolute atomic E-state index is 0.0123. The van der Waals surface area contributed by atoms with Gasteiger partial charge in [0.05, 0.1) is 5.75 Å². The van der Waals surface area contributed by atoms with Gasteiger partial charge >= 0.3 is 9.15 Å². The second kappa shape index (κ2) is 8.29. The molecule has 32 heavy (non-hydrogen) atoms. The van der Waals surface area contributed by atoms with Crippen molar-refractivity contribution in [2.24, 2.45) is 46.8 Å². The number of aliphatic hydroxyl groups is 1. The second-order valence-electron chi connectivity index (χ2n) is 11.6. The molecule has 0 aliphatic heterocycles. The first-order valence-electron chi connectivity index (χ1n) is 12.5. The lowest BCUT2D eigenvalue weighted by Gasteiger charge is -2.56. The molecular formula is C25H36O5S2. The number of carbonyl (C=O) groups is 1. The molecule has 5 fully saturated rings. The third kappa shape index (κ3) is 4.42. The lowest BCUT2D eigenvalue weighted by molar-refractivity contribution is -0.129. The van der Waals surface area contributed by atoms with Crippen LogP contribution < -0.4 is 0 Å². The summed E-state index contributed by atoms with van der Waals surface area (Å²) in [5.41, 5.74) is -0.828. The average Bonchev–Trinajstić information content (AvgIpc) is 3.49. The fraction of sp³-hybridized carbons (Fsp3) is 0.880. The van der Waals surface area contributed by atoms with Gasteiger partial charge in [0, 0.05) is 22.6 Å². The smallest absolute Gasteiger partial charge is 0.320 e. The monoisotopic (exact) mass is 480 g/mol. The third-order valence-electron chi connectivity index (χ3n) is 9.84. The number of Topliss-reactive ketones (excluding diaryl/α,β-unsaturated/α-hetero) is 1. The summed E-state index contributed by atoms with van der Waals surface area (Å²) < 4.78 is 31.2. The zero-order valence-electron chi connectivity index (χ0n) is 19.0. The van der Waals surface area contributed by atoms with Crippen molar-refractivity contribution < 1.29 is 22.9 Å². The summed E-state index contributed by atoms with van der Waals surface area (Å²) in [6.07, 6.45) is 11.5. The Morgan fingerprint density at radius 1 is 1.00 bits per heavy atom. The second-order valence-corrected chi connectivity index (χ2v) is 14.9. The maximum Gasteiger partial charge on any atom is 0.320 e. The molecule has 0 aromatic rings. The Morgan fingerprint density at radius 3 is 2.47 bits per heavy atom. The molecular weight excluding hydrogens is 444 g/mol. The van der Waals surface area contributed by atoms with Gasteiger partial charge in [-0.05, 0) is 106 Å². The van der Waals surface area contributed by atoms with Gasteiger partial charge in [-0.3, -0.25) is 9.35 Å². The van der Waals surface area contributed by atoms with Crippen LogP contribution in [0.5, 0.6) is 0 Å². The molecule has 5 aliphatic carbocycles. The van der Waals surface area contributed by atoms with Crippen molar-refractivity contribution in [1.29, 1.82) is 0 Å². The van der Waals surface area contributed by atoms with Gasteiger partial charge in [0.1, 0.15) is 11.4 Å². The van der Waals surface area contributed by atoms with Crippen LogP contribution >= 0.6 is 10.8 Å². The van der Waals surface area contributed by atoms with E-state index in [9.17, 15) is 18.3 Å². The molecule has 0 saturated heterocycles. The number of hydrogen-bond donors (Lipinski definition) is 2. The average molecular weight is 481 g/mol. The summed E-state index contributed by atoms with van der Waals surface area (Å²) in [7, 11) is -3.82. The van der Waals surface area contributed by atoms with Crippen LogP contribution in [0.1, 0.15) is 77.6 Å². The first-order valence-corrected chi connectivity index (χ1v) is 15.4. The highest BCUT2D eigenvalue weighted by Gasteiger charge is 2.58. The van der Waals surface area contributed by atoms with Crippen LogP contribution in [-0.4, -0.2) is 35.2 Å². The number of carbonyl (C=O) groups excluding carboxylic acids is 1. The molecule has 5 rings (SSSR count). The zero-order chi connectivity index (χ0) is 22.7. The lowest BCUT2D eigenvalue weighted by atomic mass is 9.49. The van der Waals surface area contributed by atoms with Crippen molar-refractivity contribution in [3.05, 3.63) is 0 Å². The molecule has 7 heteroatoms. The molecule has 0 bridgehead atoms. The van der Waals surface area contributed by atoms with Crippen LogP contribution in [0.3, 0.4) is 0 Å². The summed E-state index contributed by atoms with van der Waals surface area (Å²) in [5.74, 6) is 9.94. The number of rotatable bonds is 4. The molecule has 178 valence electrons. The van der Waals surface area contributed by atoms with Gasteiger partial charge in [-0.1, -0.05) is 18.8 Å². The number of hydrogen-bond acceptors (Lipinski definition) is 5. The quantitative estimate of drug-likeness (QED) is 0.350. The number of fused-ring (bicyclic) bond motifs is 5. The highest BCUT2D eigenvalue weighted by atomic mass is 33.1. The van der Waals surface area contributed by atoms with Crippen molar-refractivity contribution in [3.8, 4) is 11.8 Å². The van der Waals surface area contributed by atoms with E-state index < -0.39 is 14.8 Å². The van der Waals surface area contributed by atoms with Crippen molar-refractivity contribution in [3.63, 3.8) is 0 Å². The Bertz CT molecular complexity index is 932. The molecule has 0 aromatic carbocycles. The van der Waals surface area contributed by atoms with Crippen molar-refractivity contribution in [1.82, 2.24) is 0 Å². The predicted molar refractivity (Wildman–Crippen MR) is 125 cm³/mol. The predicted octanol–water partition coefficient (Wildman–Crippen LogP) is 4.50. The van der Waals surface area contributed by atoms with Gasteiger partial charge < -0.3 is 5.11 Å². The van der Waals surface area contributed by atoms with E-state index in [1.165, 1.54) is 19.3 Å². The molecule has 5 aliphatic rings. The summed E-state index contributed by atoms with van der Waals surface area (Å²) in [4.78, 5) is 12.9. The van der Waals surface area contributed by atoms with E-state index in [0.29, 0.717) is 46.3 Å². The Hall–Kier alpha value is -0.550. The maximum absolute atomic E-state index is 12.9. The standard InChI is InChI=1S/C25H36O5S2/c1-24-11-9-19-18-10-13-25(27,12-8-16-2-3-16)14-17(18)4-5-20(19)21(24)6-7-22(24)23(26)15-31-32(28,29)30/h16-22,27H,2-7,9-11,13-15H2,1H3,(H,28,29,30)/t17-,18+,19?,20?,21?,22-,24+,25-/m1/s1. The number of ketones is 1. The van der Waals surface area contributed by atoms with E-state index in [4.69, 9.17) is 4.55 Å². The Kier molecular flexibility index (Phi) is 6.01. The summed E-state index contributed by atoms with van der Waals surface area (Å²) in [5, 5.41) is 11.1. The van der Waals surface area contributed by atoms with E-state index >= 15 is 0 Å². The summed E-state index contributed by atoms with van der Waals surface area (Å²) in [6, 6.07) is 0. The van der Waals surface area contributed by atoms with Gasteiger partial charge in [0.2, 0.25) is 0 Å². The Labute approximate surface area is 196 Å². The Balaban J connectivity index is 1.26. The fourth-order valence-electron chi connectivity index (χ4n) is 8.22. The summed E-state index contributed by atoms with van der Waals surface area (Å²) in [6.45, 7) is 2.26. The maximum atomic E-state index is 12.9. The minimum atomic E-state index is -4.18. The molecule has 0 heterocycles. The van der Waals surface area contributed by atoms with Crippen LogP contribution in [0, 0.1) is 58.7 Å². The Morgan fingerprint density at radius 2 is 1.75 bits per heavy atom. The van der Waals surface area contributed by atoms with Crippen LogP contribution in [0.25, 0.3) is 0 Å². The minimum Gasteiger partial charge on any atom is -0.378 e. The van der Waals surface area contributed by atoms with Gasteiger partial charge in [0.25, 0.3) is 0 Å². The van der Waals surface area contributed by atoms with Crippen molar-refractivity contribution in [2.45, 2.75) is 83.2 Å². The fourth-order valence-corrected chi connectivity index (χ4v) is 9.48. The highest BCUT2D eigenvalue weighted by Crippen LogP contribution is 2.64. The SMILES string of the molecule is C[C@]12CCC3C(CC[C@@H]4C[C@@](O)(C#CC5CC5)CC[C@H]34)C1CC[C@@H]2C(=O)CSS(=O)(=O)O. The van der Waals surface area contributed by atoms with Crippen molar-refractivity contribution in [2.75, 3.05) is 5.75 Å². The van der Waals surface area contributed by atoms with E-state index in [1.807, 2.05) is 0 Å². The topological polar surface area (TPSA) is 91.7 Å². The third-order valence-corrected chi connectivity index (χ3v) is 11.8. The van der Waals surface area contributed by atoms with Crippen molar-refractivity contribution >= 4 is 25.7 Å². The molecule has 0 amide bonds. The largest absolute Gasteiger partial charge is 0.378 e. The van der Waals surface area contributed by atoms with Crippen LogP contribution in [0.4, 0.5) is 0 Å². The van der Waals surface area contributed by atoms with Crippen LogP contribution in [-0.2, 0) is 13.9 Å². The van der Waals surface area contributed by atoms with E-state index in [0.717, 1.165) is 51.4 Å². The lowest BCUT2D eigenvalue weighted by Crippen LogP contribution is -2.51. The van der Waals surface area contributed by atoms with Crippen LogP contribution in [0.2, 0.25) is 0 Å². The van der Waals surface area contributed by atoms with Gasteiger partial charge in [-0.25, -0.2) is 0 Å². The molecule has 2 N–H and O–H groups in total. The molecule has 0 radical (unpaired) electrons. The molecule has 5 saturated carbocycles. The first kappa shape index (κ1) is 23.2. The van der Waals surface area contributed by atoms with E-state index in [1.54, 1.807) is 0 Å². The van der Waals surface area contributed by atoms with Crippen LogP contribution in [0.15, 0.2) is 0 Å². The highest BCUT2D eigenvalue weighted by molar-refractivity contribution is 8.70. The molecule has 3 unspecified atom stereocenters. The molecule has 0 aromatic heterocycles. The normalized spacial score (nSPS) is 45.7. The molecule has 0 spiro atoms. The molecule has 8 atom stereocenters. The first-order chi connectivity index (χ1) is 15.1.